The van der Waals surface area contributed by atoms with Crippen molar-refractivity contribution in [2.45, 2.75) is 38.9 Å². The summed E-state index contributed by atoms with van der Waals surface area (Å²) in [5.41, 5.74) is 0.403. The molecule has 0 N–H and O–H groups in total. The molecule has 19 heavy (non-hydrogen) atoms. The van der Waals surface area contributed by atoms with E-state index in [-0.39, 0.29) is 0 Å². The van der Waals surface area contributed by atoms with Crippen molar-refractivity contribution in [2.24, 2.45) is 0 Å². The lowest BCUT2D eigenvalue weighted by Crippen LogP contribution is -2.41. The maximum absolute atomic E-state index is 11.0. The number of rotatable bonds is 3. The molecule has 0 saturated carbocycles. The quantitative estimate of drug-likeness (QED) is 0.615. The van der Waals surface area contributed by atoms with Crippen LogP contribution in [0, 0.1) is 0 Å². The fourth-order valence-electron chi connectivity index (χ4n) is 2.06. The van der Waals surface area contributed by atoms with Crippen molar-refractivity contribution in [2.75, 3.05) is 7.11 Å². The Labute approximate surface area is 114 Å². The van der Waals surface area contributed by atoms with E-state index in [1.807, 2.05) is 33.8 Å². The van der Waals surface area contributed by atoms with Crippen LogP contribution in [0.15, 0.2) is 18.2 Å². The van der Waals surface area contributed by atoms with Gasteiger partial charge in [0, 0.05) is 5.46 Å². The zero-order chi connectivity index (χ0) is 14.3. The van der Waals surface area contributed by atoms with Crippen molar-refractivity contribution in [1.82, 2.24) is 0 Å². The number of methoxy groups -OCH3 is 1. The van der Waals surface area contributed by atoms with Gasteiger partial charge < -0.3 is 14.0 Å². The number of carbonyl (C=O) groups excluding carboxylic acids is 1. The van der Waals surface area contributed by atoms with E-state index in [1.54, 1.807) is 12.1 Å². The Morgan fingerprint density at radius 2 is 1.74 bits per heavy atom. The average molecular weight is 262 g/mol. The first-order chi connectivity index (χ1) is 8.82. The molecule has 1 aromatic rings. The third-order valence-corrected chi connectivity index (χ3v) is 3.91. The summed E-state index contributed by atoms with van der Waals surface area (Å²) in [5, 5.41) is 0. The molecule has 1 aromatic carbocycles. The fraction of sp³-hybridized carbons (Fsp3) is 0.500. The number of benzene rings is 1. The molecule has 0 radical (unpaired) electrons. The Kier molecular flexibility index (Phi) is 3.45. The van der Waals surface area contributed by atoms with Crippen LogP contribution in [-0.4, -0.2) is 31.7 Å². The molecule has 1 aliphatic rings. The highest BCUT2D eigenvalue weighted by Crippen LogP contribution is 2.37. The number of para-hydroxylation sites is 1. The monoisotopic (exact) mass is 262 g/mol. The molecule has 0 aliphatic carbocycles. The van der Waals surface area contributed by atoms with Crippen LogP contribution in [0.5, 0.6) is 5.75 Å². The van der Waals surface area contributed by atoms with Gasteiger partial charge in [-0.3, -0.25) is 4.79 Å². The first-order valence-electron chi connectivity index (χ1n) is 6.30. The first kappa shape index (κ1) is 14.1. The number of hydrogen-bond donors (Lipinski definition) is 0. The summed E-state index contributed by atoms with van der Waals surface area (Å²) in [5.74, 6) is 0.510. The summed E-state index contributed by atoms with van der Waals surface area (Å²) in [7, 11) is 1.01. The molecule has 1 aliphatic heterocycles. The van der Waals surface area contributed by atoms with Crippen molar-refractivity contribution < 1.29 is 18.8 Å². The summed E-state index contributed by atoms with van der Waals surface area (Å²) >= 11 is 0. The number of aldehydes is 1. The molecule has 0 amide bonds. The normalized spacial score (nSPS) is 20.4. The summed E-state index contributed by atoms with van der Waals surface area (Å²) in [6, 6.07) is 5.36. The Balaban J connectivity index is 2.42. The van der Waals surface area contributed by atoms with Gasteiger partial charge in [0.2, 0.25) is 0 Å². The van der Waals surface area contributed by atoms with Gasteiger partial charge in [-0.05, 0) is 33.8 Å². The van der Waals surface area contributed by atoms with E-state index < -0.39 is 18.3 Å². The van der Waals surface area contributed by atoms with Gasteiger partial charge in [-0.15, -0.1) is 0 Å². The molecule has 1 heterocycles. The minimum atomic E-state index is -0.528. The van der Waals surface area contributed by atoms with E-state index in [9.17, 15) is 4.79 Å². The van der Waals surface area contributed by atoms with Crippen LogP contribution >= 0.6 is 0 Å². The number of hydrogen-bond acceptors (Lipinski definition) is 4. The minimum absolute atomic E-state index is 0.417. The summed E-state index contributed by atoms with van der Waals surface area (Å²) in [6.45, 7) is 7.96. The molecule has 4 nitrogen and oxygen atoms in total. The lowest BCUT2D eigenvalue weighted by molar-refractivity contribution is 0.00578. The van der Waals surface area contributed by atoms with Crippen molar-refractivity contribution >= 4 is 18.9 Å². The van der Waals surface area contributed by atoms with Crippen molar-refractivity contribution in [3.63, 3.8) is 0 Å². The van der Waals surface area contributed by atoms with Gasteiger partial charge in [0.25, 0.3) is 0 Å². The van der Waals surface area contributed by atoms with Crippen LogP contribution in [0.3, 0.4) is 0 Å². The Morgan fingerprint density at radius 1 is 1.16 bits per heavy atom. The van der Waals surface area contributed by atoms with Crippen LogP contribution < -0.4 is 10.2 Å². The fourth-order valence-corrected chi connectivity index (χ4v) is 2.06. The van der Waals surface area contributed by atoms with E-state index >= 15 is 0 Å². The van der Waals surface area contributed by atoms with Crippen LogP contribution in [0.2, 0.25) is 0 Å². The third-order valence-electron chi connectivity index (χ3n) is 3.91. The third kappa shape index (κ3) is 2.28. The lowest BCUT2D eigenvalue weighted by Gasteiger charge is -2.32. The van der Waals surface area contributed by atoms with Crippen molar-refractivity contribution in [3.05, 3.63) is 23.8 Å². The molecule has 1 fully saturated rings. The van der Waals surface area contributed by atoms with Gasteiger partial charge in [-0.2, -0.15) is 0 Å². The maximum Gasteiger partial charge on any atom is 0.498 e. The predicted octanol–water partition coefficient (Wildman–Crippen LogP) is 1.81. The molecular formula is C14H19BO4. The second kappa shape index (κ2) is 4.65. The molecule has 102 valence electrons. The molecule has 5 heteroatoms. The van der Waals surface area contributed by atoms with Gasteiger partial charge in [-0.1, -0.05) is 12.1 Å². The zero-order valence-corrected chi connectivity index (χ0v) is 12.0. The number of ether oxygens (including phenoxy) is 1. The molecular weight excluding hydrogens is 243 g/mol. The van der Waals surface area contributed by atoms with E-state index in [4.69, 9.17) is 14.0 Å². The predicted molar refractivity (Wildman–Crippen MR) is 74.1 cm³/mol. The second-order valence-corrected chi connectivity index (χ2v) is 5.68. The Hall–Kier alpha value is -1.33. The molecule has 2 rings (SSSR count). The van der Waals surface area contributed by atoms with Gasteiger partial charge in [0.15, 0.2) is 6.29 Å². The first-order valence-corrected chi connectivity index (χ1v) is 6.30. The standard InChI is InChI=1S/C14H19BO4/c1-13(2)14(3,4)19-15(18-13)11-8-6-7-10(9-16)12(11)17-5/h6-9H,1-5H3. The molecule has 0 unspecified atom stereocenters. The van der Waals surface area contributed by atoms with E-state index in [2.05, 4.69) is 0 Å². The van der Waals surface area contributed by atoms with E-state index in [0.29, 0.717) is 11.3 Å². The molecule has 0 aromatic heterocycles. The van der Waals surface area contributed by atoms with Crippen LogP contribution in [0.4, 0.5) is 0 Å². The van der Waals surface area contributed by atoms with Crippen LogP contribution in [0.25, 0.3) is 0 Å². The van der Waals surface area contributed by atoms with Gasteiger partial charge in [0.05, 0.1) is 23.9 Å². The highest BCUT2D eigenvalue weighted by molar-refractivity contribution is 6.63. The topological polar surface area (TPSA) is 44.8 Å². The second-order valence-electron chi connectivity index (χ2n) is 5.68. The lowest BCUT2D eigenvalue weighted by atomic mass is 9.77. The minimum Gasteiger partial charge on any atom is -0.496 e. The van der Waals surface area contributed by atoms with Gasteiger partial charge in [-0.25, -0.2) is 0 Å². The van der Waals surface area contributed by atoms with Crippen LogP contribution in [0.1, 0.15) is 38.1 Å². The highest BCUT2D eigenvalue weighted by atomic mass is 16.7. The Morgan fingerprint density at radius 3 is 2.21 bits per heavy atom. The van der Waals surface area contributed by atoms with Crippen molar-refractivity contribution in [1.29, 1.82) is 0 Å². The maximum atomic E-state index is 11.0. The molecule has 0 spiro atoms. The largest absolute Gasteiger partial charge is 0.498 e. The van der Waals surface area contributed by atoms with Gasteiger partial charge >= 0.3 is 7.12 Å². The van der Waals surface area contributed by atoms with E-state index in [1.165, 1.54) is 7.11 Å². The van der Waals surface area contributed by atoms with E-state index in [0.717, 1.165) is 11.7 Å². The molecule has 0 bridgehead atoms. The molecule has 1 saturated heterocycles. The summed E-state index contributed by atoms with van der Waals surface area (Å²) < 4.78 is 17.3. The number of carbonyl (C=O) groups is 1. The Bertz CT molecular complexity index is 480. The summed E-state index contributed by atoms with van der Waals surface area (Å²) in [4.78, 5) is 11.0. The van der Waals surface area contributed by atoms with Crippen molar-refractivity contribution in [3.8, 4) is 5.75 Å². The van der Waals surface area contributed by atoms with Crippen LogP contribution in [-0.2, 0) is 9.31 Å². The SMILES string of the molecule is COc1c(C=O)cccc1B1OC(C)(C)C(C)(C)O1. The molecule has 0 atom stereocenters. The smallest absolute Gasteiger partial charge is 0.496 e. The average Bonchev–Trinajstić information content (AvgIpc) is 2.57. The zero-order valence-electron chi connectivity index (χ0n) is 12.0. The highest BCUT2D eigenvalue weighted by Gasteiger charge is 2.52. The summed E-state index contributed by atoms with van der Waals surface area (Å²) in [6.07, 6.45) is 0.771. The van der Waals surface area contributed by atoms with Gasteiger partial charge in [0.1, 0.15) is 5.75 Å².